The minimum absolute atomic E-state index is 0. The number of carbonyl (C=O) groups is 1. The van der Waals surface area contributed by atoms with E-state index in [1.54, 1.807) is 0 Å². The average Bonchev–Trinajstić information content (AvgIpc) is 3.00. The van der Waals surface area contributed by atoms with E-state index in [1.807, 2.05) is 6.92 Å². The van der Waals surface area contributed by atoms with Crippen molar-refractivity contribution in [3.63, 3.8) is 0 Å². The number of carbonyl (C=O) groups excluding carboxylic acids is 1. The van der Waals surface area contributed by atoms with Gasteiger partial charge in [0.2, 0.25) is 5.13 Å². The fraction of sp³-hybridized carbons (Fsp3) is 0.727. The Morgan fingerprint density at radius 1 is 1.63 bits per heavy atom. The van der Waals surface area contributed by atoms with Crippen molar-refractivity contribution in [2.45, 2.75) is 6.92 Å². The van der Waals surface area contributed by atoms with Gasteiger partial charge in [-0.1, -0.05) is 0 Å². The van der Waals surface area contributed by atoms with Crippen LogP contribution in [-0.2, 0) is 14.3 Å². The molecular weight excluding hydrogens is 290 g/mol. The number of nitrogens with zero attached hydrogens (tertiary/aromatic N) is 3. The number of ether oxygens (including phenoxy) is 2. The molecule has 0 aliphatic carbocycles. The third-order valence-corrected chi connectivity index (χ3v) is 4.62. The Bertz CT molecular complexity index is 484. The van der Waals surface area contributed by atoms with Crippen molar-refractivity contribution in [3.05, 3.63) is 5.82 Å². The van der Waals surface area contributed by atoms with Crippen LogP contribution in [0.25, 0.3) is 0 Å². The van der Waals surface area contributed by atoms with Gasteiger partial charge < -0.3 is 14.4 Å². The van der Waals surface area contributed by atoms with Gasteiger partial charge in [-0.3, -0.25) is 4.79 Å². The van der Waals surface area contributed by atoms with Crippen molar-refractivity contribution >= 4 is 35.0 Å². The smallest absolute Gasteiger partial charge is 0.316 e. The highest BCUT2D eigenvalue weighted by Gasteiger charge is 2.57. The molecule has 2 fully saturated rings. The molecule has 0 bridgehead atoms. The molecule has 2 atom stereocenters. The molecule has 106 valence electrons. The summed E-state index contributed by atoms with van der Waals surface area (Å²) in [5, 5.41) is 0.880. The minimum atomic E-state index is -0.520. The summed E-state index contributed by atoms with van der Waals surface area (Å²) in [5.41, 5.74) is -0.520. The van der Waals surface area contributed by atoms with Crippen molar-refractivity contribution in [2.24, 2.45) is 11.3 Å². The normalized spacial score (nSPS) is 28.9. The maximum atomic E-state index is 12.0. The van der Waals surface area contributed by atoms with E-state index < -0.39 is 5.41 Å². The topological polar surface area (TPSA) is 64.6 Å². The lowest BCUT2D eigenvalue weighted by Gasteiger charge is -2.23. The quantitative estimate of drug-likeness (QED) is 0.756. The van der Waals surface area contributed by atoms with Crippen LogP contribution < -0.4 is 4.90 Å². The van der Waals surface area contributed by atoms with Crippen LogP contribution in [0.5, 0.6) is 0 Å². The first-order valence-electron chi connectivity index (χ1n) is 5.87. The number of rotatable bonds is 2. The van der Waals surface area contributed by atoms with Crippen molar-refractivity contribution in [1.82, 2.24) is 9.36 Å². The molecule has 0 radical (unpaired) electrons. The summed E-state index contributed by atoms with van der Waals surface area (Å²) in [7, 11) is 1.43. The number of methoxy groups -OCH3 is 1. The number of anilines is 1. The molecule has 3 heterocycles. The molecule has 0 aromatic carbocycles. The van der Waals surface area contributed by atoms with Gasteiger partial charge in [-0.05, 0) is 6.92 Å². The van der Waals surface area contributed by atoms with Crippen molar-refractivity contribution in [2.75, 3.05) is 38.3 Å². The second kappa shape index (κ2) is 5.22. The summed E-state index contributed by atoms with van der Waals surface area (Å²) in [6.07, 6.45) is 0. The predicted molar refractivity (Wildman–Crippen MR) is 72.9 cm³/mol. The molecule has 2 aliphatic rings. The maximum absolute atomic E-state index is 12.0. The summed E-state index contributed by atoms with van der Waals surface area (Å²) >= 11 is 1.38. The molecule has 0 N–H and O–H groups in total. The molecule has 3 rings (SSSR count). The van der Waals surface area contributed by atoms with Gasteiger partial charge >= 0.3 is 5.97 Å². The highest BCUT2D eigenvalue weighted by molar-refractivity contribution is 7.09. The fourth-order valence-electron chi connectivity index (χ4n) is 2.79. The molecule has 1 aromatic heterocycles. The van der Waals surface area contributed by atoms with E-state index >= 15 is 0 Å². The first-order chi connectivity index (χ1) is 8.65. The van der Waals surface area contributed by atoms with Crippen LogP contribution >= 0.6 is 23.9 Å². The number of hydrogen-bond acceptors (Lipinski definition) is 7. The van der Waals surface area contributed by atoms with Gasteiger partial charge in [0.05, 0.1) is 20.3 Å². The summed E-state index contributed by atoms with van der Waals surface area (Å²) in [4.78, 5) is 18.5. The van der Waals surface area contributed by atoms with Crippen LogP contribution in [0, 0.1) is 18.3 Å². The molecule has 1 aromatic rings. The van der Waals surface area contributed by atoms with Gasteiger partial charge in [0.1, 0.15) is 11.2 Å². The lowest BCUT2D eigenvalue weighted by molar-refractivity contribution is -0.152. The van der Waals surface area contributed by atoms with E-state index in [4.69, 9.17) is 9.47 Å². The third-order valence-electron chi connectivity index (χ3n) is 3.75. The van der Waals surface area contributed by atoms with Crippen LogP contribution in [0.15, 0.2) is 0 Å². The molecular formula is C11H16ClN3O3S. The molecule has 19 heavy (non-hydrogen) atoms. The zero-order valence-electron chi connectivity index (χ0n) is 10.8. The summed E-state index contributed by atoms with van der Waals surface area (Å²) in [6.45, 7) is 4.32. The largest absolute Gasteiger partial charge is 0.468 e. The monoisotopic (exact) mass is 305 g/mol. The number of fused-ring (bicyclic) bond motifs is 1. The number of esters is 1. The van der Waals surface area contributed by atoms with Gasteiger partial charge in [-0.25, -0.2) is 4.98 Å². The molecule has 0 unspecified atom stereocenters. The Balaban J connectivity index is 0.00000133. The Morgan fingerprint density at radius 2 is 2.42 bits per heavy atom. The van der Waals surface area contributed by atoms with Gasteiger partial charge in [0, 0.05) is 30.5 Å². The predicted octanol–water partition coefficient (Wildman–Crippen LogP) is 0.894. The Kier molecular flexibility index (Phi) is 3.98. The second-order valence-corrected chi connectivity index (χ2v) is 5.59. The maximum Gasteiger partial charge on any atom is 0.316 e. The van der Waals surface area contributed by atoms with Crippen LogP contribution in [-0.4, -0.2) is 48.7 Å². The summed E-state index contributed by atoms with van der Waals surface area (Å²) in [5.74, 6) is 0.790. The average molecular weight is 306 g/mol. The SMILES string of the molecule is COC(=O)[C@@]12COC[C@@H]1CN(c1nc(C)ns1)C2.Cl. The zero-order chi connectivity index (χ0) is 12.8. The molecule has 0 amide bonds. The van der Waals surface area contributed by atoms with Crippen LogP contribution in [0.4, 0.5) is 5.13 Å². The Hall–Kier alpha value is -0.920. The highest BCUT2D eigenvalue weighted by atomic mass is 35.5. The van der Waals surface area contributed by atoms with E-state index in [9.17, 15) is 4.79 Å². The third kappa shape index (κ3) is 2.19. The lowest BCUT2D eigenvalue weighted by atomic mass is 9.81. The second-order valence-electron chi connectivity index (χ2n) is 4.86. The van der Waals surface area contributed by atoms with Gasteiger partial charge in [0.15, 0.2) is 0 Å². The van der Waals surface area contributed by atoms with Crippen LogP contribution in [0.1, 0.15) is 5.82 Å². The zero-order valence-corrected chi connectivity index (χ0v) is 12.4. The standard InChI is InChI=1S/C11H15N3O3S.ClH/c1-7-12-10(18-13-7)14-3-8-4-17-6-11(8,5-14)9(15)16-2;/h8H,3-6H2,1-2H3;1H/t8-,11-;/m0./s1. The number of aromatic nitrogens is 2. The van der Waals surface area contributed by atoms with E-state index in [0.717, 1.165) is 17.5 Å². The first-order valence-corrected chi connectivity index (χ1v) is 6.64. The minimum Gasteiger partial charge on any atom is -0.468 e. The number of halogens is 1. The van der Waals surface area contributed by atoms with E-state index in [0.29, 0.717) is 19.8 Å². The molecule has 0 saturated carbocycles. The summed E-state index contributed by atoms with van der Waals surface area (Å²) < 4.78 is 14.6. The van der Waals surface area contributed by atoms with Crippen LogP contribution in [0.3, 0.4) is 0 Å². The number of hydrogen-bond donors (Lipinski definition) is 0. The van der Waals surface area contributed by atoms with Crippen LogP contribution in [0.2, 0.25) is 0 Å². The fourth-order valence-corrected chi connectivity index (χ4v) is 3.47. The van der Waals surface area contributed by atoms with Crippen molar-refractivity contribution in [1.29, 1.82) is 0 Å². The van der Waals surface area contributed by atoms with Crippen molar-refractivity contribution < 1.29 is 14.3 Å². The highest BCUT2D eigenvalue weighted by Crippen LogP contribution is 2.43. The van der Waals surface area contributed by atoms with Gasteiger partial charge in [-0.15, -0.1) is 12.4 Å². The van der Waals surface area contributed by atoms with Gasteiger partial charge in [-0.2, -0.15) is 4.37 Å². The molecule has 8 heteroatoms. The van der Waals surface area contributed by atoms with Gasteiger partial charge in [0.25, 0.3) is 0 Å². The molecule has 2 saturated heterocycles. The number of aryl methyl sites for hydroxylation is 1. The van der Waals surface area contributed by atoms with Crippen molar-refractivity contribution in [3.8, 4) is 0 Å². The Morgan fingerprint density at radius 3 is 3.05 bits per heavy atom. The van der Waals surface area contributed by atoms with E-state index in [2.05, 4.69) is 14.3 Å². The Labute approximate surface area is 121 Å². The summed E-state index contributed by atoms with van der Waals surface area (Å²) in [6, 6.07) is 0. The first kappa shape index (κ1) is 14.5. The van der Waals surface area contributed by atoms with E-state index in [-0.39, 0.29) is 24.3 Å². The molecule has 0 spiro atoms. The lowest BCUT2D eigenvalue weighted by Crippen LogP contribution is -2.40. The van der Waals surface area contributed by atoms with E-state index in [1.165, 1.54) is 18.6 Å². The molecule has 6 nitrogen and oxygen atoms in total. The molecule has 2 aliphatic heterocycles.